The highest BCUT2D eigenvalue weighted by Gasteiger charge is 2.16. The number of rotatable bonds is 2. The zero-order valence-electron chi connectivity index (χ0n) is 9.77. The largest absolute Gasteiger partial charge is 0.289 e. The molecule has 3 heteroatoms. The van der Waals surface area contributed by atoms with Crippen LogP contribution in [0.5, 0.6) is 0 Å². The van der Waals surface area contributed by atoms with Crippen LogP contribution in [0.4, 0.5) is 0 Å². The van der Waals surface area contributed by atoms with Crippen molar-refractivity contribution in [2.75, 3.05) is 0 Å². The van der Waals surface area contributed by atoms with Crippen LogP contribution in [0.15, 0.2) is 42.5 Å². The molecule has 2 aromatic carbocycles. The molecular weight excluding hydrogens is 246 g/mol. The average molecular weight is 256 g/mol. The first-order valence-electron chi connectivity index (χ1n) is 5.43. The van der Waals surface area contributed by atoms with E-state index in [1.807, 2.05) is 6.07 Å². The Labute approximate surface area is 110 Å². The summed E-state index contributed by atoms with van der Waals surface area (Å²) >= 11 is 5.95. The molecule has 0 amide bonds. The Balaban J connectivity index is 2.59. The zero-order chi connectivity index (χ0) is 13.1. The van der Waals surface area contributed by atoms with E-state index < -0.39 is 0 Å². The van der Waals surface area contributed by atoms with Crippen LogP contribution in [0.2, 0.25) is 5.02 Å². The molecule has 0 atom stereocenters. The Morgan fingerprint density at radius 1 is 1.22 bits per heavy atom. The van der Waals surface area contributed by atoms with Crippen molar-refractivity contribution in [3.05, 3.63) is 69.7 Å². The van der Waals surface area contributed by atoms with Crippen molar-refractivity contribution in [1.29, 1.82) is 5.26 Å². The lowest BCUT2D eigenvalue weighted by Gasteiger charge is -2.07. The van der Waals surface area contributed by atoms with Crippen LogP contribution < -0.4 is 0 Å². The first kappa shape index (κ1) is 12.3. The Kier molecular flexibility index (Phi) is 3.45. The topological polar surface area (TPSA) is 40.9 Å². The van der Waals surface area contributed by atoms with E-state index in [2.05, 4.69) is 6.07 Å². The van der Waals surface area contributed by atoms with Crippen LogP contribution in [0.3, 0.4) is 0 Å². The van der Waals surface area contributed by atoms with E-state index >= 15 is 0 Å². The van der Waals surface area contributed by atoms with E-state index in [0.29, 0.717) is 27.3 Å². The van der Waals surface area contributed by atoms with E-state index in [1.165, 1.54) is 0 Å². The molecule has 0 aliphatic rings. The SMILES string of the molecule is Cc1cc(Cl)cc(C(=O)c2ccccc2)c1C#N. The van der Waals surface area contributed by atoms with Crippen LogP contribution in [-0.2, 0) is 0 Å². The fourth-order valence-corrected chi connectivity index (χ4v) is 2.09. The van der Waals surface area contributed by atoms with Crippen molar-refractivity contribution >= 4 is 17.4 Å². The summed E-state index contributed by atoms with van der Waals surface area (Å²) in [7, 11) is 0. The second kappa shape index (κ2) is 5.03. The first-order chi connectivity index (χ1) is 8.63. The summed E-state index contributed by atoms with van der Waals surface area (Å²) < 4.78 is 0. The van der Waals surface area contributed by atoms with E-state index in [1.54, 1.807) is 43.3 Å². The molecule has 0 radical (unpaired) electrons. The summed E-state index contributed by atoms with van der Waals surface area (Å²) in [6, 6.07) is 14.1. The van der Waals surface area contributed by atoms with Crippen molar-refractivity contribution in [1.82, 2.24) is 0 Å². The molecule has 2 rings (SSSR count). The van der Waals surface area contributed by atoms with Crippen molar-refractivity contribution in [2.45, 2.75) is 6.92 Å². The molecule has 0 aliphatic carbocycles. The van der Waals surface area contributed by atoms with Gasteiger partial charge in [-0.15, -0.1) is 0 Å². The number of halogens is 1. The van der Waals surface area contributed by atoms with E-state index in [0.717, 1.165) is 0 Å². The number of hydrogen-bond donors (Lipinski definition) is 0. The zero-order valence-corrected chi connectivity index (χ0v) is 10.5. The molecular formula is C15H10ClNO. The van der Waals surface area contributed by atoms with Crippen LogP contribution >= 0.6 is 11.6 Å². The van der Waals surface area contributed by atoms with Crippen molar-refractivity contribution in [2.24, 2.45) is 0 Å². The van der Waals surface area contributed by atoms with Gasteiger partial charge in [-0.05, 0) is 24.6 Å². The predicted molar refractivity (Wildman–Crippen MR) is 70.8 cm³/mol. The van der Waals surface area contributed by atoms with Gasteiger partial charge in [0.25, 0.3) is 0 Å². The molecule has 0 bridgehead atoms. The number of ketones is 1. The summed E-state index contributed by atoms with van der Waals surface area (Å²) in [5.41, 5.74) is 2.00. The molecule has 0 heterocycles. The number of nitrogens with zero attached hydrogens (tertiary/aromatic N) is 1. The van der Waals surface area contributed by atoms with Crippen LogP contribution in [0.1, 0.15) is 27.0 Å². The molecule has 88 valence electrons. The number of nitriles is 1. The fourth-order valence-electron chi connectivity index (χ4n) is 1.82. The molecule has 0 unspecified atom stereocenters. The van der Waals surface area contributed by atoms with Gasteiger partial charge in [-0.1, -0.05) is 41.9 Å². The molecule has 0 saturated heterocycles. The van der Waals surface area contributed by atoms with Gasteiger partial charge >= 0.3 is 0 Å². The highest BCUT2D eigenvalue weighted by atomic mass is 35.5. The number of benzene rings is 2. The minimum atomic E-state index is -0.183. The third kappa shape index (κ3) is 2.27. The summed E-state index contributed by atoms with van der Waals surface area (Å²) in [6.45, 7) is 1.77. The normalized spacial score (nSPS) is 9.83. The maximum absolute atomic E-state index is 12.3. The lowest BCUT2D eigenvalue weighted by Crippen LogP contribution is -2.05. The average Bonchev–Trinajstić information content (AvgIpc) is 2.38. The molecule has 18 heavy (non-hydrogen) atoms. The minimum absolute atomic E-state index is 0.183. The highest BCUT2D eigenvalue weighted by molar-refractivity contribution is 6.31. The summed E-state index contributed by atoms with van der Waals surface area (Å²) in [5, 5.41) is 9.60. The van der Waals surface area contributed by atoms with Gasteiger partial charge < -0.3 is 0 Å². The molecule has 0 spiro atoms. The molecule has 0 N–H and O–H groups in total. The second-order valence-corrected chi connectivity index (χ2v) is 4.39. The third-order valence-corrected chi connectivity index (χ3v) is 2.91. The predicted octanol–water partition coefficient (Wildman–Crippen LogP) is 3.75. The monoisotopic (exact) mass is 255 g/mol. The number of carbonyl (C=O) groups excluding carboxylic acids is 1. The Morgan fingerprint density at radius 2 is 1.89 bits per heavy atom. The molecule has 0 saturated carbocycles. The van der Waals surface area contributed by atoms with Gasteiger partial charge in [0, 0.05) is 16.1 Å². The minimum Gasteiger partial charge on any atom is -0.289 e. The lowest BCUT2D eigenvalue weighted by molar-refractivity contribution is 0.103. The maximum Gasteiger partial charge on any atom is 0.194 e. The van der Waals surface area contributed by atoms with Crippen molar-refractivity contribution < 1.29 is 4.79 Å². The van der Waals surface area contributed by atoms with Crippen molar-refractivity contribution in [3.8, 4) is 6.07 Å². The van der Waals surface area contributed by atoms with Gasteiger partial charge in [-0.25, -0.2) is 0 Å². The van der Waals surface area contributed by atoms with E-state index in [9.17, 15) is 4.79 Å². The van der Waals surface area contributed by atoms with Crippen LogP contribution in [0, 0.1) is 18.3 Å². The smallest absolute Gasteiger partial charge is 0.194 e. The van der Waals surface area contributed by atoms with Crippen LogP contribution in [-0.4, -0.2) is 5.78 Å². The van der Waals surface area contributed by atoms with E-state index in [-0.39, 0.29) is 5.78 Å². The Hall–Kier alpha value is -2.11. The molecule has 0 aliphatic heterocycles. The molecule has 2 nitrogen and oxygen atoms in total. The van der Waals surface area contributed by atoms with Gasteiger partial charge in [-0.3, -0.25) is 4.79 Å². The first-order valence-corrected chi connectivity index (χ1v) is 5.81. The molecule has 0 aromatic heterocycles. The third-order valence-electron chi connectivity index (χ3n) is 2.69. The van der Waals surface area contributed by atoms with Gasteiger partial charge in [0.15, 0.2) is 5.78 Å². The van der Waals surface area contributed by atoms with Gasteiger partial charge in [0.1, 0.15) is 6.07 Å². The van der Waals surface area contributed by atoms with E-state index in [4.69, 9.17) is 16.9 Å². The fraction of sp³-hybridized carbons (Fsp3) is 0.0667. The standard InChI is InChI=1S/C15H10ClNO/c1-10-7-12(16)8-13(14(10)9-17)15(18)11-5-3-2-4-6-11/h2-8H,1H3. The second-order valence-electron chi connectivity index (χ2n) is 3.95. The molecule has 2 aromatic rings. The Morgan fingerprint density at radius 3 is 2.50 bits per heavy atom. The van der Waals surface area contributed by atoms with Gasteiger partial charge in [0.05, 0.1) is 5.56 Å². The summed E-state index contributed by atoms with van der Waals surface area (Å²) in [6.07, 6.45) is 0. The van der Waals surface area contributed by atoms with Crippen LogP contribution in [0.25, 0.3) is 0 Å². The quantitative estimate of drug-likeness (QED) is 0.767. The maximum atomic E-state index is 12.3. The number of hydrogen-bond acceptors (Lipinski definition) is 2. The van der Waals surface area contributed by atoms with Gasteiger partial charge in [0.2, 0.25) is 0 Å². The summed E-state index contributed by atoms with van der Waals surface area (Å²) in [4.78, 5) is 12.3. The van der Waals surface area contributed by atoms with Gasteiger partial charge in [-0.2, -0.15) is 5.26 Å². The molecule has 0 fully saturated rings. The number of carbonyl (C=O) groups is 1. The Bertz CT molecular complexity index is 642. The number of aryl methyl sites for hydroxylation is 1. The summed E-state index contributed by atoms with van der Waals surface area (Å²) in [5.74, 6) is -0.183. The highest BCUT2D eigenvalue weighted by Crippen LogP contribution is 2.22. The lowest BCUT2D eigenvalue weighted by atomic mass is 9.96. The van der Waals surface area contributed by atoms with Crippen molar-refractivity contribution in [3.63, 3.8) is 0 Å².